The van der Waals surface area contributed by atoms with E-state index < -0.39 is 10.0 Å². The molecule has 128 valence electrons. The smallest absolute Gasteiger partial charge is 0.264 e. The summed E-state index contributed by atoms with van der Waals surface area (Å²) in [7, 11) is -2.37. The predicted octanol–water partition coefficient (Wildman–Crippen LogP) is 2.03. The number of ether oxygens (including phenoxy) is 1. The van der Waals surface area contributed by atoms with E-state index in [1.54, 1.807) is 49.4 Å². The Labute approximate surface area is 142 Å². The largest absolute Gasteiger partial charge is 0.497 e. The van der Waals surface area contributed by atoms with Gasteiger partial charge in [-0.2, -0.15) is 0 Å². The number of methoxy groups -OCH3 is 1. The fourth-order valence-corrected chi connectivity index (χ4v) is 3.59. The highest BCUT2D eigenvalue weighted by molar-refractivity contribution is 7.92. The van der Waals surface area contributed by atoms with Crippen molar-refractivity contribution in [1.29, 1.82) is 0 Å². The summed E-state index contributed by atoms with van der Waals surface area (Å²) < 4.78 is 32.1. The Morgan fingerprint density at radius 2 is 1.71 bits per heavy atom. The van der Waals surface area contributed by atoms with Crippen molar-refractivity contribution >= 4 is 21.6 Å². The van der Waals surface area contributed by atoms with Gasteiger partial charge in [0, 0.05) is 6.54 Å². The minimum absolute atomic E-state index is 0.0939. The maximum Gasteiger partial charge on any atom is 0.264 e. The first kappa shape index (κ1) is 17.8. The number of hydrogen-bond donors (Lipinski definition) is 1. The van der Waals surface area contributed by atoms with E-state index in [0.29, 0.717) is 18.0 Å². The van der Waals surface area contributed by atoms with Gasteiger partial charge in [-0.15, -0.1) is 0 Å². The molecular weight excluding hydrogens is 328 g/mol. The molecule has 0 aliphatic carbocycles. The SMILES string of the molecule is CCNC(=O)CN(c1ccccc1)S(=O)(=O)c1ccc(OC)cc1. The Hall–Kier alpha value is -2.54. The third kappa shape index (κ3) is 4.05. The van der Waals surface area contributed by atoms with Gasteiger partial charge in [0.2, 0.25) is 5.91 Å². The number of sulfonamides is 1. The maximum absolute atomic E-state index is 13.0. The van der Waals surface area contributed by atoms with Crippen molar-refractivity contribution < 1.29 is 17.9 Å². The van der Waals surface area contributed by atoms with Crippen molar-refractivity contribution in [2.75, 3.05) is 24.5 Å². The number of para-hydroxylation sites is 1. The van der Waals surface area contributed by atoms with Gasteiger partial charge in [-0.3, -0.25) is 9.10 Å². The predicted molar refractivity (Wildman–Crippen MR) is 92.7 cm³/mol. The van der Waals surface area contributed by atoms with Gasteiger partial charge in [0.25, 0.3) is 10.0 Å². The van der Waals surface area contributed by atoms with Crippen molar-refractivity contribution in [3.63, 3.8) is 0 Å². The first-order valence-corrected chi connectivity index (χ1v) is 8.91. The third-order valence-corrected chi connectivity index (χ3v) is 5.14. The van der Waals surface area contributed by atoms with E-state index in [9.17, 15) is 13.2 Å². The van der Waals surface area contributed by atoms with E-state index in [4.69, 9.17) is 4.74 Å². The summed E-state index contributed by atoms with van der Waals surface area (Å²) in [4.78, 5) is 12.1. The van der Waals surface area contributed by atoms with Crippen molar-refractivity contribution in [2.45, 2.75) is 11.8 Å². The van der Waals surface area contributed by atoms with Crippen molar-refractivity contribution in [3.05, 3.63) is 54.6 Å². The van der Waals surface area contributed by atoms with Gasteiger partial charge in [-0.05, 0) is 43.3 Å². The summed E-state index contributed by atoms with van der Waals surface area (Å²) in [5.74, 6) is 0.197. The molecule has 0 heterocycles. The van der Waals surface area contributed by atoms with Crippen LogP contribution in [0.5, 0.6) is 5.75 Å². The van der Waals surface area contributed by atoms with Gasteiger partial charge in [0.15, 0.2) is 0 Å². The third-order valence-electron chi connectivity index (χ3n) is 3.35. The van der Waals surface area contributed by atoms with E-state index >= 15 is 0 Å². The van der Waals surface area contributed by atoms with Crippen LogP contribution in [0.15, 0.2) is 59.5 Å². The van der Waals surface area contributed by atoms with Gasteiger partial charge >= 0.3 is 0 Å². The van der Waals surface area contributed by atoms with Crippen LogP contribution in [0, 0.1) is 0 Å². The molecule has 7 heteroatoms. The molecule has 0 saturated heterocycles. The fraction of sp³-hybridized carbons (Fsp3) is 0.235. The van der Waals surface area contributed by atoms with Crippen molar-refractivity contribution in [2.24, 2.45) is 0 Å². The molecule has 0 radical (unpaired) electrons. The van der Waals surface area contributed by atoms with Crippen LogP contribution in [-0.4, -0.2) is 34.5 Å². The minimum Gasteiger partial charge on any atom is -0.497 e. The zero-order valence-corrected chi connectivity index (χ0v) is 14.4. The molecule has 1 amide bonds. The molecule has 0 fully saturated rings. The topological polar surface area (TPSA) is 75.7 Å². The van der Waals surface area contributed by atoms with Crippen LogP contribution < -0.4 is 14.4 Å². The first-order valence-electron chi connectivity index (χ1n) is 7.47. The van der Waals surface area contributed by atoms with Gasteiger partial charge in [0.1, 0.15) is 12.3 Å². The lowest BCUT2D eigenvalue weighted by molar-refractivity contribution is -0.119. The molecule has 0 saturated carbocycles. The number of rotatable bonds is 7. The summed E-state index contributed by atoms with van der Waals surface area (Å²) in [5.41, 5.74) is 0.430. The molecule has 0 aromatic heterocycles. The minimum atomic E-state index is -3.88. The molecular formula is C17H20N2O4S. The van der Waals surface area contributed by atoms with Crippen molar-refractivity contribution in [1.82, 2.24) is 5.32 Å². The van der Waals surface area contributed by atoms with E-state index in [1.165, 1.54) is 19.2 Å². The second kappa shape index (κ2) is 7.83. The summed E-state index contributed by atoms with van der Waals surface area (Å²) in [5, 5.41) is 2.62. The van der Waals surface area contributed by atoms with E-state index in [-0.39, 0.29) is 17.3 Å². The van der Waals surface area contributed by atoms with E-state index in [1.807, 2.05) is 0 Å². The second-order valence-electron chi connectivity index (χ2n) is 4.98. The lowest BCUT2D eigenvalue weighted by atomic mass is 10.3. The molecule has 2 rings (SSSR count). The Kier molecular flexibility index (Phi) is 5.81. The molecule has 24 heavy (non-hydrogen) atoms. The van der Waals surface area contributed by atoms with Crippen LogP contribution >= 0.6 is 0 Å². The standard InChI is InChI=1S/C17H20N2O4S/c1-3-18-17(20)13-19(14-7-5-4-6-8-14)24(21,22)16-11-9-15(23-2)10-12-16/h4-12H,3,13H2,1-2H3,(H,18,20). The molecule has 0 unspecified atom stereocenters. The number of hydrogen-bond acceptors (Lipinski definition) is 4. The molecule has 2 aromatic carbocycles. The van der Waals surface area contributed by atoms with Gasteiger partial charge in [0.05, 0.1) is 17.7 Å². The zero-order chi connectivity index (χ0) is 17.6. The molecule has 0 bridgehead atoms. The molecule has 0 aliphatic heterocycles. The molecule has 6 nitrogen and oxygen atoms in total. The normalized spacial score (nSPS) is 10.9. The van der Waals surface area contributed by atoms with Crippen LogP contribution in [0.4, 0.5) is 5.69 Å². The van der Waals surface area contributed by atoms with Crippen LogP contribution in [0.3, 0.4) is 0 Å². The zero-order valence-electron chi connectivity index (χ0n) is 13.6. The highest BCUT2D eigenvalue weighted by atomic mass is 32.2. The average Bonchev–Trinajstić information content (AvgIpc) is 2.60. The molecule has 2 aromatic rings. The maximum atomic E-state index is 13.0. The lowest BCUT2D eigenvalue weighted by Gasteiger charge is -2.24. The second-order valence-corrected chi connectivity index (χ2v) is 6.84. The number of amides is 1. The lowest BCUT2D eigenvalue weighted by Crippen LogP contribution is -2.40. The quantitative estimate of drug-likeness (QED) is 0.831. The Bertz CT molecular complexity index is 774. The highest BCUT2D eigenvalue weighted by Crippen LogP contribution is 2.24. The van der Waals surface area contributed by atoms with Crippen LogP contribution in [0.25, 0.3) is 0 Å². The van der Waals surface area contributed by atoms with E-state index in [2.05, 4.69) is 5.32 Å². The van der Waals surface area contributed by atoms with Crippen LogP contribution in [0.1, 0.15) is 6.92 Å². The fourth-order valence-electron chi connectivity index (χ4n) is 2.17. The molecule has 1 N–H and O–H groups in total. The number of anilines is 1. The monoisotopic (exact) mass is 348 g/mol. The summed E-state index contributed by atoms with van der Waals surface area (Å²) >= 11 is 0. The molecule has 0 aliphatic rings. The number of benzene rings is 2. The summed E-state index contributed by atoms with van der Waals surface area (Å²) in [6.45, 7) is 1.93. The Balaban J connectivity index is 2.42. The molecule has 0 atom stereocenters. The van der Waals surface area contributed by atoms with E-state index in [0.717, 1.165) is 4.31 Å². The summed E-state index contributed by atoms with van der Waals surface area (Å²) in [6, 6.07) is 14.6. The van der Waals surface area contributed by atoms with Gasteiger partial charge in [-0.25, -0.2) is 8.42 Å². The number of nitrogens with one attached hydrogen (secondary N) is 1. The number of nitrogens with zero attached hydrogens (tertiary/aromatic N) is 1. The van der Waals surface area contributed by atoms with Gasteiger partial charge in [-0.1, -0.05) is 18.2 Å². The number of carbonyl (C=O) groups is 1. The van der Waals surface area contributed by atoms with Crippen LogP contribution in [0.2, 0.25) is 0 Å². The van der Waals surface area contributed by atoms with Crippen molar-refractivity contribution in [3.8, 4) is 5.75 Å². The van der Waals surface area contributed by atoms with Crippen LogP contribution in [-0.2, 0) is 14.8 Å². The summed E-state index contributed by atoms with van der Waals surface area (Å²) in [6.07, 6.45) is 0. The Morgan fingerprint density at radius 1 is 1.08 bits per heavy atom. The first-order chi connectivity index (χ1) is 11.5. The molecule has 0 spiro atoms. The average molecular weight is 348 g/mol. The number of likely N-dealkylation sites (N-methyl/N-ethyl adjacent to an activating group) is 1. The Morgan fingerprint density at radius 3 is 2.25 bits per heavy atom. The van der Waals surface area contributed by atoms with Gasteiger partial charge < -0.3 is 10.1 Å². The number of carbonyl (C=O) groups excluding carboxylic acids is 1. The highest BCUT2D eigenvalue weighted by Gasteiger charge is 2.26.